The van der Waals surface area contributed by atoms with E-state index in [9.17, 15) is 18.8 Å². The van der Waals surface area contributed by atoms with E-state index in [1.165, 1.54) is 29.2 Å². The maximum Gasteiger partial charge on any atom is 0.365 e. The Balaban J connectivity index is 1.54. The fourth-order valence-electron chi connectivity index (χ4n) is 3.01. The Kier molecular flexibility index (Phi) is 4.40. The van der Waals surface area contributed by atoms with Crippen LogP contribution in [-0.2, 0) is 17.9 Å². The van der Waals surface area contributed by atoms with Gasteiger partial charge in [0.1, 0.15) is 12.4 Å². The van der Waals surface area contributed by atoms with E-state index in [0.29, 0.717) is 16.9 Å². The van der Waals surface area contributed by atoms with E-state index in [1.54, 1.807) is 24.3 Å². The molecule has 9 nitrogen and oxygen atoms in total. The SMILES string of the molecule is N#Cc1ccc(NC(=O)Cn2c(=O)nc3n2C(=O)N(c2ccc(F)cc2)C3)cc1. The zero-order chi connectivity index (χ0) is 20.5. The van der Waals surface area contributed by atoms with Crippen molar-refractivity contribution in [1.82, 2.24) is 14.3 Å². The third-order valence-electron chi connectivity index (χ3n) is 4.37. The maximum absolute atomic E-state index is 13.1. The summed E-state index contributed by atoms with van der Waals surface area (Å²) in [5, 5.41) is 11.4. The van der Waals surface area contributed by atoms with Gasteiger partial charge in [-0.15, -0.1) is 0 Å². The first-order valence-corrected chi connectivity index (χ1v) is 8.52. The molecule has 4 rings (SSSR count). The molecule has 0 saturated carbocycles. The van der Waals surface area contributed by atoms with Crippen LogP contribution in [0.1, 0.15) is 11.4 Å². The second-order valence-corrected chi connectivity index (χ2v) is 6.26. The number of halogens is 1. The molecule has 0 aliphatic carbocycles. The van der Waals surface area contributed by atoms with Gasteiger partial charge in [-0.25, -0.2) is 18.7 Å². The van der Waals surface area contributed by atoms with Gasteiger partial charge in [-0.2, -0.15) is 14.9 Å². The molecule has 144 valence electrons. The minimum absolute atomic E-state index is 0.0317. The number of anilines is 2. The molecule has 0 radical (unpaired) electrons. The highest BCUT2D eigenvalue weighted by atomic mass is 19.1. The molecule has 0 fully saturated rings. The lowest BCUT2D eigenvalue weighted by Crippen LogP contribution is -2.36. The maximum atomic E-state index is 13.1. The van der Waals surface area contributed by atoms with Gasteiger partial charge in [0.2, 0.25) is 5.91 Å². The molecular formula is C19H13FN6O3. The van der Waals surface area contributed by atoms with Crippen LogP contribution in [0.15, 0.2) is 53.3 Å². The fraction of sp³-hybridized carbons (Fsp3) is 0.105. The van der Waals surface area contributed by atoms with E-state index >= 15 is 0 Å². The van der Waals surface area contributed by atoms with E-state index in [0.717, 1.165) is 9.36 Å². The van der Waals surface area contributed by atoms with Crippen molar-refractivity contribution in [3.8, 4) is 6.07 Å². The molecule has 2 aromatic carbocycles. The number of nitriles is 1. The first-order chi connectivity index (χ1) is 14.0. The average Bonchev–Trinajstić information content (AvgIpc) is 3.19. The van der Waals surface area contributed by atoms with Crippen molar-refractivity contribution in [2.24, 2.45) is 0 Å². The van der Waals surface area contributed by atoms with Crippen LogP contribution in [0.4, 0.5) is 20.6 Å². The Hall–Kier alpha value is -4.26. The van der Waals surface area contributed by atoms with Crippen LogP contribution >= 0.6 is 0 Å². The van der Waals surface area contributed by atoms with Crippen molar-refractivity contribution in [2.75, 3.05) is 10.2 Å². The number of aromatic nitrogens is 3. The molecule has 10 heteroatoms. The lowest BCUT2D eigenvalue weighted by Gasteiger charge is -2.15. The normalized spacial score (nSPS) is 12.6. The number of carbonyl (C=O) groups is 2. The van der Waals surface area contributed by atoms with Crippen molar-refractivity contribution >= 4 is 23.3 Å². The van der Waals surface area contributed by atoms with Crippen molar-refractivity contribution in [1.29, 1.82) is 5.26 Å². The number of benzene rings is 2. The van der Waals surface area contributed by atoms with Crippen LogP contribution < -0.4 is 15.9 Å². The number of amides is 2. The lowest BCUT2D eigenvalue weighted by atomic mass is 10.2. The number of nitrogens with one attached hydrogen (secondary N) is 1. The van der Waals surface area contributed by atoms with Crippen LogP contribution in [0.2, 0.25) is 0 Å². The molecule has 0 spiro atoms. The second-order valence-electron chi connectivity index (χ2n) is 6.26. The molecule has 0 unspecified atom stereocenters. The van der Waals surface area contributed by atoms with E-state index in [4.69, 9.17) is 5.26 Å². The fourth-order valence-corrected chi connectivity index (χ4v) is 3.01. The zero-order valence-electron chi connectivity index (χ0n) is 14.9. The third kappa shape index (κ3) is 3.37. The number of carbonyl (C=O) groups excluding carboxylic acids is 2. The van der Waals surface area contributed by atoms with Crippen molar-refractivity contribution in [3.63, 3.8) is 0 Å². The molecule has 3 aromatic rings. The van der Waals surface area contributed by atoms with Gasteiger partial charge in [0, 0.05) is 11.4 Å². The summed E-state index contributed by atoms with van der Waals surface area (Å²) < 4.78 is 15.1. The first kappa shape index (κ1) is 18.1. The number of fused-ring (bicyclic) bond motifs is 1. The minimum Gasteiger partial charge on any atom is -0.324 e. The predicted octanol–water partition coefficient (Wildman–Crippen LogP) is 1.68. The van der Waals surface area contributed by atoms with Crippen molar-refractivity contribution in [3.05, 3.63) is 76.2 Å². The van der Waals surface area contributed by atoms with Gasteiger partial charge < -0.3 is 5.32 Å². The first-order valence-electron chi connectivity index (χ1n) is 8.52. The van der Waals surface area contributed by atoms with Gasteiger partial charge in [0.05, 0.1) is 18.2 Å². The van der Waals surface area contributed by atoms with Crippen LogP contribution in [0.5, 0.6) is 0 Å². The minimum atomic E-state index is -0.720. The van der Waals surface area contributed by atoms with Crippen molar-refractivity contribution in [2.45, 2.75) is 13.1 Å². The van der Waals surface area contributed by atoms with E-state index in [1.807, 2.05) is 6.07 Å². The quantitative estimate of drug-likeness (QED) is 0.726. The molecule has 1 N–H and O–H groups in total. The highest BCUT2D eigenvalue weighted by molar-refractivity contribution is 5.96. The summed E-state index contributed by atoms with van der Waals surface area (Å²) in [6, 6.07) is 12.9. The molecule has 2 heterocycles. The monoisotopic (exact) mass is 392 g/mol. The molecule has 1 aromatic heterocycles. The largest absolute Gasteiger partial charge is 0.365 e. The zero-order valence-corrected chi connectivity index (χ0v) is 14.9. The smallest absolute Gasteiger partial charge is 0.324 e. The Bertz CT molecular complexity index is 1200. The van der Waals surface area contributed by atoms with Crippen LogP contribution in [0.3, 0.4) is 0 Å². The topological polar surface area (TPSA) is 113 Å². The standard InChI is InChI=1S/C19H13FN6O3/c20-13-3-7-15(8-4-13)24-10-16-23-18(28)25(26(16)19(24)29)11-17(27)22-14-5-1-12(9-21)2-6-14/h1-8H,10-11H2,(H,22,27). The number of nitrogens with zero attached hydrogens (tertiary/aromatic N) is 5. The highest BCUT2D eigenvalue weighted by Gasteiger charge is 2.33. The summed E-state index contributed by atoms with van der Waals surface area (Å²) in [6.45, 7) is -0.390. The van der Waals surface area contributed by atoms with Gasteiger partial charge in [0.25, 0.3) is 0 Å². The second kappa shape index (κ2) is 7.05. The molecule has 1 aliphatic rings. The number of hydrogen-bond acceptors (Lipinski definition) is 5. The molecule has 0 atom stereocenters. The van der Waals surface area contributed by atoms with Crippen LogP contribution in [0.25, 0.3) is 0 Å². The summed E-state index contributed by atoms with van der Waals surface area (Å²) in [5.74, 6) is -0.780. The van der Waals surface area contributed by atoms with Gasteiger partial charge >= 0.3 is 11.7 Å². The van der Waals surface area contributed by atoms with Gasteiger partial charge in [-0.1, -0.05) is 0 Å². The van der Waals surface area contributed by atoms with E-state index in [2.05, 4.69) is 10.3 Å². The highest BCUT2D eigenvalue weighted by Crippen LogP contribution is 2.23. The Morgan fingerprint density at radius 2 is 1.83 bits per heavy atom. The third-order valence-corrected chi connectivity index (χ3v) is 4.37. The summed E-state index contributed by atoms with van der Waals surface area (Å²) >= 11 is 0. The van der Waals surface area contributed by atoms with E-state index < -0.39 is 30.0 Å². The Morgan fingerprint density at radius 1 is 1.14 bits per heavy atom. The molecular weight excluding hydrogens is 379 g/mol. The van der Waals surface area contributed by atoms with Crippen LogP contribution in [0, 0.1) is 17.1 Å². The van der Waals surface area contributed by atoms with Crippen molar-refractivity contribution < 1.29 is 14.0 Å². The number of hydrogen-bond donors (Lipinski definition) is 1. The summed E-state index contributed by atoms with van der Waals surface area (Å²) in [4.78, 5) is 42.4. The van der Waals surface area contributed by atoms with Gasteiger partial charge in [-0.3, -0.25) is 9.69 Å². The van der Waals surface area contributed by atoms with Crippen LogP contribution in [-0.4, -0.2) is 26.3 Å². The predicted molar refractivity (Wildman–Crippen MR) is 99.7 cm³/mol. The summed E-state index contributed by atoms with van der Waals surface area (Å²) in [7, 11) is 0. The molecule has 29 heavy (non-hydrogen) atoms. The molecule has 0 saturated heterocycles. The molecule has 1 aliphatic heterocycles. The molecule has 2 amide bonds. The Labute approximate surface area is 163 Å². The number of rotatable bonds is 4. The molecule has 0 bridgehead atoms. The van der Waals surface area contributed by atoms with Gasteiger partial charge in [0.15, 0.2) is 5.82 Å². The van der Waals surface area contributed by atoms with Gasteiger partial charge in [-0.05, 0) is 48.5 Å². The Morgan fingerprint density at radius 3 is 2.48 bits per heavy atom. The average molecular weight is 392 g/mol. The summed E-state index contributed by atoms with van der Waals surface area (Å²) in [5.41, 5.74) is 0.617. The van der Waals surface area contributed by atoms with E-state index in [-0.39, 0.29) is 12.4 Å². The lowest BCUT2D eigenvalue weighted by molar-refractivity contribution is -0.117. The summed E-state index contributed by atoms with van der Waals surface area (Å²) in [6.07, 6.45) is 0.